The summed E-state index contributed by atoms with van der Waals surface area (Å²) in [6, 6.07) is 18.0. The zero-order chi connectivity index (χ0) is 26.4. The molecule has 1 aliphatic rings. The van der Waals surface area contributed by atoms with Gasteiger partial charge >= 0.3 is 5.97 Å². The Bertz CT molecular complexity index is 1370. The molecule has 3 aromatic rings. The molecule has 9 heteroatoms. The van der Waals surface area contributed by atoms with Crippen molar-refractivity contribution >= 4 is 56.5 Å². The van der Waals surface area contributed by atoms with E-state index in [1.54, 1.807) is 24.3 Å². The van der Waals surface area contributed by atoms with Gasteiger partial charge in [0, 0.05) is 4.47 Å². The zero-order valence-electron chi connectivity index (χ0n) is 20.3. The van der Waals surface area contributed by atoms with Crippen LogP contribution in [0.1, 0.15) is 40.9 Å². The Hall–Kier alpha value is -3.56. The standard InChI is InChI=1S/C28H25BrN2O5S/c1-3-17-7-11-21(12-8-17)30-28-31-26(32)25(37-28)14-20-13-23(35-4-2)24(15-22(20)29)36-16-18-5-9-19(10-6-18)27(33)34/h5-15H,3-4,16H2,1-2H3,(H,33,34)(H,30,31,32)/b25-14-. The van der Waals surface area contributed by atoms with E-state index < -0.39 is 5.97 Å². The zero-order valence-corrected chi connectivity index (χ0v) is 22.7. The Labute approximate surface area is 227 Å². The molecule has 3 aromatic carbocycles. The molecule has 0 spiro atoms. The Balaban J connectivity index is 1.52. The van der Waals surface area contributed by atoms with E-state index in [4.69, 9.17) is 14.6 Å². The van der Waals surface area contributed by atoms with Gasteiger partial charge in [-0.1, -0.05) is 47.1 Å². The van der Waals surface area contributed by atoms with E-state index in [-0.39, 0.29) is 18.1 Å². The van der Waals surface area contributed by atoms with Gasteiger partial charge in [0.1, 0.15) is 6.61 Å². The first-order valence-electron chi connectivity index (χ1n) is 11.7. The number of rotatable bonds is 9. The molecule has 7 nitrogen and oxygen atoms in total. The average Bonchev–Trinajstić information content (AvgIpc) is 3.23. The van der Waals surface area contributed by atoms with Crippen LogP contribution in [0.2, 0.25) is 0 Å². The lowest BCUT2D eigenvalue weighted by Crippen LogP contribution is -2.19. The summed E-state index contributed by atoms with van der Waals surface area (Å²) >= 11 is 4.85. The molecule has 1 saturated heterocycles. The van der Waals surface area contributed by atoms with Crippen molar-refractivity contribution < 1.29 is 24.2 Å². The van der Waals surface area contributed by atoms with Crippen molar-refractivity contribution in [2.24, 2.45) is 4.99 Å². The van der Waals surface area contributed by atoms with E-state index >= 15 is 0 Å². The number of nitrogens with zero attached hydrogens (tertiary/aromatic N) is 1. The lowest BCUT2D eigenvalue weighted by atomic mass is 10.1. The molecule has 37 heavy (non-hydrogen) atoms. The minimum Gasteiger partial charge on any atom is -0.490 e. The number of amides is 1. The first kappa shape index (κ1) is 26.5. The largest absolute Gasteiger partial charge is 0.490 e. The van der Waals surface area contributed by atoms with Crippen molar-refractivity contribution in [3.05, 3.63) is 92.3 Å². The van der Waals surface area contributed by atoms with Crippen molar-refractivity contribution in [3.8, 4) is 11.5 Å². The van der Waals surface area contributed by atoms with E-state index in [1.165, 1.54) is 29.5 Å². The summed E-state index contributed by atoms with van der Waals surface area (Å²) in [5, 5.41) is 12.4. The van der Waals surface area contributed by atoms with Crippen molar-refractivity contribution in [2.45, 2.75) is 26.9 Å². The molecule has 1 amide bonds. The van der Waals surface area contributed by atoms with Gasteiger partial charge < -0.3 is 19.9 Å². The number of aryl methyl sites for hydroxylation is 1. The summed E-state index contributed by atoms with van der Waals surface area (Å²) in [4.78, 5) is 28.7. The second-order valence-corrected chi connectivity index (χ2v) is 9.93. The Morgan fingerprint density at radius 1 is 1.03 bits per heavy atom. The molecule has 0 unspecified atom stereocenters. The second kappa shape index (κ2) is 12.1. The Morgan fingerprint density at radius 3 is 2.35 bits per heavy atom. The number of carboxylic acids is 1. The fourth-order valence-electron chi connectivity index (χ4n) is 3.49. The Kier molecular flexibility index (Phi) is 8.68. The van der Waals surface area contributed by atoms with Gasteiger partial charge in [-0.05, 0) is 84.3 Å². The molecule has 1 aliphatic heterocycles. The third-order valence-electron chi connectivity index (χ3n) is 5.47. The molecule has 0 atom stereocenters. The van der Waals surface area contributed by atoms with E-state index in [1.807, 2.05) is 37.3 Å². The number of thioether (sulfide) groups is 1. The summed E-state index contributed by atoms with van der Waals surface area (Å²) in [5.74, 6) is -0.130. The van der Waals surface area contributed by atoms with Crippen LogP contribution in [0.4, 0.5) is 5.69 Å². The van der Waals surface area contributed by atoms with E-state index in [9.17, 15) is 9.59 Å². The van der Waals surface area contributed by atoms with Crippen LogP contribution in [0.25, 0.3) is 6.08 Å². The van der Waals surface area contributed by atoms with Crippen LogP contribution in [0, 0.1) is 0 Å². The first-order valence-corrected chi connectivity index (χ1v) is 13.3. The van der Waals surface area contributed by atoms with Gasteiger partial charge in [0.25, 0.3) is 5.91 Å². The van der Waals surface area contributed by atoms with Gasteiger partial charge in [0.05, 0.1) is 22.8 Å². The maximum Gasteiger partial charge on any atom is 0.335 e. The molecule has 0 radical (unpaired) electrons. The smallest absolute Gasteiger partial charge is 0.335 e. The number of carbonyl (C=O) groups excluding carboxylic acids is 1. The lowest BCUT2D eigenvalue weighted by Gasteiger charge is -2.14. The second-order valence-electron chi connectivity index (χ2n) is 8.05. The molecule has 4 rings (SSSR count). The molecular formula is C28H25BrN2O5S. The first-order chi connectivity index (χ1) is 17.9. The molecule has 2 N–H and O–H groups in total. The number of nitrogens with one attached hydrogen (secondary N) is 1. The highest BCUT2D eigenvalue weighted by atomic mass is 79.9. The predicted molar refractivity (Wildman–Crippen MR) is 150 cm³/mol. The number of benzene rings is 3. The van der Waals surface area contributed by atoms with E-state index in [2.05, 4.69) is 33.2 Å². The van der Waals surface area contributed by atoms with E-state index in [0.29, 0.717) is 28.2 Å². The minimum absolute atomic E-state index is 0.218. The number of ether oxygens (including phenoxy) is 2. The number of amidine groups is 1. The molecule has 1 fully saturated rings. The quantitative estimate of drug-likeness (QED) is 0.277. The van der Waals surface area contributed by atoms with Crippen LogP contribution in [0.15, 0.2) is 75.0 Å². The highest BCUT2D eigenvalue weighted by Gasteiger charge is 2.24. The number of halogens is 1. The van der Waals surface area contributed by atoms with Crippen LogP contribution in [-0.4, -0.2) is 28.8 Å². The van der Waals surface area contributed by atoms with Gasteiger partial charge in [0.15, 0.2) is 16.7 Å². The number of carboxylic acid groups (broad SMARTS) is 1. The maximum atomic E-state index is 12.6. The van der Waals surface area contributed by atoms with Crippen molar-refractivity contribution in [1.82, 2.24) is 5.32 Å². The summed E-state index contributed by atoms with van der Waals surface area (Å²) < 4.78 is 12.5. The van der Waals surface area contributed by atoms with Crippen molar-refractivity contribution in [1.29, 1.82) is 0 Å². The highest BCUT2D eigenvalue weighted by Crippen LogP contribution is 2.37. The number of hydrogen-bond donors (Lipinski definition) is 2. The number of hydrogen-bond acceptors (Lipinski definition) is 6. The summed E-state index contributed by atoms with van der Waals surface area (Å²) in [6.07, 6.45) is 2.74. The van der Waals surface area contributed by atoms with Crippen LogP contribution < -0.4 is 14.8 Å². The Morgan fingerprint density at radius 2 is 1.70 bits per heavy atom. The third kappa shape index (κ3) is 6.81. The molecule has 0 bridgehead atoms. The summed E-state index contributed by atoms with van der Waals surface area (Å²) in [6.45, 7) is 4.65. The highest BCUT2D eigenvalue weighted by molar-refractivity contribution is 9.10. The van der Waals surface area contributed by atoms with Crippen molar-refractivity contribution in [2.75, 3.05) is 6.61 Å². The van der Waals surface area contributed by atoms with Gasteiger partial charge in [-0.2, -0.15) is 0 Å². The fourth-order valence-corrected chi connectivity index (χ4v) is 4.76. The SMILES string of the molecule is CCOc1cc(/C=C2\SC(=Nc3ccc(CC)cc3)NC2=O)c(Br)cc1OCc1ccc(C(=O)O)cc1. The fraction of sp³-hybridized carbons (Fsp3) is 0.179. The number of carbonyl (C=O) groups is 2. The minimum atomic E-state index is -0.974. The topological polar surface area (TPSA) is 97.2 Å². The van der Waals surface area contributed by atoms with Crippen LogP contribution in [0.5, 0.6) is 11.5 Å². The third-order valence-corrected chi connectivity index (χ3v) is 7.07. The van der Waals surface area contributed by atoms with Crippen molar-refractivity contribution in [3.63, 3.8) is 0 Å². The molecule has 0 aromatic heterocycles. The lowest BCUT2D eigenvalue weighted by molar-refractivity contribution is -0.115. The number of aromatic carboxylic acids is 1. The molecular weight excluding hydrogens is 556 g/mol. The molecule has 0 aliphatic carbocycles. The van der Waals surface area contributed by atoms with Gasteiger partial charge in [0.2, 0.25) is 0 Å². The van der Waals surface area contributed by atoms with Crippen LogP contribution in [-0.2, 0) is 17.8 Å². The van der Waals surface area contributed by atoms with Gasteiger partial charge in [-0.25, -0.2) is 9.79 Å². The average molecular weight is 581 g/mol. The van der Waals surface area contributed by atoms with Crippen LogP contribution >= 0.6 is 27.7 Å². The summed E-state index contributed by atoms with van der Waals surface area (Å²) in [7, 11) is 0. The van der Waals surface area contributed by atoms with Gasteiger partial charge in [-0.15, -0.1) is 0 Å². The van der Waals surface area contributed by atoms with Gasteiger partial charge in [-0.3, -0.25) is 4.79 Å². The molecule has 0 saturated carbocycles. The molecule has 1 heterocycles. The summed E-state index contributed by atoms with van der Waals surface area (Å²) in [5.41, 5.74) is 3.80. The monoisotopic (exact) mass is 580 g/mol. The van der Waals surface area contributed by atoms with E-state index in [0.717, 1.165) is 27.7 Å². The molecule has 190 valence electrons. The maximum absolute atomic E-state index is 12.6. The normalized spacial score (nSPS) is 15.2. The predicted octanol–water partition coefficient (Wildman–Crippen LogP) is 6.58. The number of aliphatic imine (C=N–C) groups is 1. The van der Waals surface area contributed by atoms with Crippen LogP contribution in [0.3, 0.4) is 0 Å².